The minimum absolute atomic E-state index is 0.0589. The van der Waals surface area contributed by atoms with E-state index in [0.717, 1.165) is 53.5 Å². The summed E-state index contributed by atoms with van der Waals surface area (Å²) < 4.78 is 32.4. The Labute approximate surface area is 365 Å². The fraction of sp³-hybridized carbons (Fsp3) is 0.412. The average molecular weight is 845 g/mol. The average Bonchev–Trinajstić information content (AvgIpc) is 3.30. The van der Waals surface area contributed by atoms with E-state index in [1.165, 1.54) is 7.11 Å². The Morgan fingerprint density at radius 3 is 2.29 bits per heavy atom. The number of rotatable bonds is 21. The number of likely N-dealkylation sites (N-methyl/N-ethyl adjacent to an activating group) is 1. The predicted molar refractivity (Wildman–Crippen MR) is 239 cm³/mol. The van der Waals surface area contributed by atoms with Gasteiger partial charge in [-0.25, -0.2) is 4.79 Å². The van der Waals surface area contributed by atoms with Crippen molar-refractivity contribution < 1.29 is 43.5 Å². The largest absolute Gasteiger partial charge is 0.459 e. The molecular weight excluding hydrogens is 785 g/mol. The number of hydrogen-bond donors (Lipinski definition) is 2. The normalized spacial score (nSPS) is 23.0. The van der Waals surface area contributed by atoms with E-state index in [1.54, 1.807) is 18.0 Å². The van der Waals surface area contributed by atoms with Gasteiger partial charge in [0.15, 0.2) is 0 Å². The van der Waals surface area contributed by atoms with E-state index in [1.807, 2.05) is 72.8 Å². The summed E-state index contributed by atoms with van der Waals surface area (Å²) in [5.41, 5.74) is 5.88. The van der Waals surface area contributed by atoms with Crippen LogP contribution in [-0.2, 0) is 25.7 Å². The Balaban J connectivity index is 1.27. The summed E-state index contributed by atoms with van der Waals surface area (Å²) >= 11 is 0. The Hall–Kier alpha value is -5.46. The molecule has 328 valence electrons. The summed E-state index contributed by atoms with van der Waals surface area (Å²) in [5.74, 6) is 0.160. The van der Waals surface area contributed by atoms with Crippen LogP contribution in [0.15, 0.2) is 133 Å². The van der Waals surface area contributed by atoms with Crippen molar-refractivity contribution in [2.45, 2.75) is 69.3 Å². The van der Waals surface area contributed by atoms with Crippen LogP contribution >= 0.6 is 0 Å². The van der Waals surface area contributed by atoms with Crippen molar-refractivity contribution in [2.75, 3.05) is 47.2 Å². The maximum atomic E-state index is 14.1. The van der Waals surface area contributed by atoms with Crippen LogP contribution in [0.4, 0.5) is 4.79 Å². The highest BCUT2D eigenvalue weighted by molar-refractivity contribution is 6.02. The van der Waals surface area contributed by atoms with Gasteiger partial charge in [0, 0.05) is 38.2 Å². The Bertz CT molecular complexity index is 2130. The maximum absolute atomic E-state index is 14.1. The highest BCUT2D eigenvalue weighted by atomic mass is 16.7. The summed E-state index contributed by atoms with van der Waals surface area (Å²) in [7, 11) is 3.24. The van der Waals surface area contributed by atoms with Gasteiger partial charge in [0.25, 0.3) is 0 Å². The van der Waals surface area contributed by atoms with Gasteiger partial charge in [0.2, 0.25) is 5.79 Å². The standard InChI is InChI=1S/C51H60N2O9/c1-4-29-60-51-47(53(2)50(56)59-31-30-58-35-36-15-7-5-8-16-36)34-45(52-57-3)43-32-39(19-11-13-27-54)42(20-12-14-28-55)48(49(43)51)44-33-41(25-26-46(44)62-51)61-40-23-21-38(22-24-40)37-17-9-6-10-18-37/h4-10,15-18,21-26,32-33,39,42,47-49,54-55H,1,11-14,19-20,27-31,34-35H2,2-3H3/t39-,42+,47-,48+,49+,51+/m0/s1. The minimum atomic E-state index is -1.39. The molecule has 0 bridgehead atoms. The Morgan fingerprint density at radius 1 is 0.887 bits per heavy atom. The Kier molecular flexibility index (Phi) is 15.5. The van der Waals surface area contributed by atoms with E-state index in [2.05, 4.69) is 48.1 Å². The topological polar surface area (TPSA) is 129 Å². The summed E-state index contributed by atoms with van der Waals surface area (Å²) in [6, 6.07) is 33.4. The third-order valence-electron chi connectivity index (χ3n) is 12.4. The number of carbonyl (C=O) groups excluding carboxylic acids is 1. The predicted octanol–water partition coefficient (Wildman–Crippen LogP) is 9.69. The van der Waals surface area contributed by atoms with E-state index in [9.17, 15) is 15.0 Å². The molecule has 0 spiro atoms. The molecule has 7 rings (SSSR count). The van der Waals surface area contributed by atoms with Gasteiger partial charge in [0.05, 0.1) is 31.5 Å². The number of hydrogen-bond acceptors (Lipinski definition) is 10. The van der Waals surface area contributed by atoms with Crippen LogP contribution in [0.5, 0.6) is 17.2 Å². The molecule has 1 heterocycles. The summed E-state index contributed by atoms with van der Waals surface area (Å²) in [6.07, 6.45) is 8.41. The van der Waals surface area contributed by atoms with Gasteiger partial charge in [-0.1, -0.05) is 103 Å². The molecule has 1 amide bonds. The monoisotopic (exact) mass is 844 g/mol. The van der Waals surface area contributed by atoms with Crippen molar-refractivity contribution in [1.29, 1.82) is 0 Å². The zero-order chi connectivity index (χ0) is 43.3. The number of carbonyl (C=O) groups is 1. The van der Waals surface area contributed by atoms with Crippen molar-refractivity contribution in [3.05, 3.63) is 139 Å². The zero-order valence-corrected chi connectivity index (χ0v) is 35.9. The number of allylic oxidation sites excluding steroid dienone is 1. The molecule has 3 aliphatic rings. The number of amides is 1. The maximum Gasteiger partial charge on any atom is 0.410 e. The van der Waals surface area contributed by atoms with Crippen molar-refractivity contribution in [3.63, 3.8) is 0 Å². The van der Waals surface area contributed by atoms with E-state index in [4.69, 9.17) is 28.5 Å². The number of fused-ring (bicyclic) bond motifs is 2. The van der Waals surface area contributed by atoms with E-state index in [-0.39, 0.29) is 57.2 Å². The molecule has 0 saturated heterocycles. The molecule has 1 saturated carbocycles. The lowest BCUT2D eigenvalue weighted by molar-refractivity contribution is -0.253. The zero-order valence-electron chi connectivity index (χ0n) is 35.9. The van der Waals surface area contributed by atoms with Crippen molar-refractivity contribution >= 4 is 11.8 Å². The summed E-state index contributed by atoms with van der Waals surface area (Å²) in [6.45, 7) is 5.07. The molecule has 4 aromatic carbocycles. The molecule has 6 atom stereocenters. The fourth-order valence-electron chi connectivity index (χ4n) is 9.56. The SMILES string of the molecule is C=CCO[C@@]12Oc3ccc(Oc4ccc(-c5ccccc5)cc4)cc3[C@H]3[C@H](CCCCO)[C@@H](CCCCO)C=C(C(=NOC)C[C@@H]1N(C)C(=O)OCCOCc1ccccc1)[C@H]32. The molecule has 2 N–H and O–H groups in total. The second-order valence-corrected chi connectivity index (χ2v) is 16.2. The molecule has 2 aliphatic carbocycles. The Morgan fingerprint density at radius 2 is 1.58 bits per heavy atom. The van der Waals surface area contributed by atoms with Crippen LogP contribution in [0.3, 0.4) is 0 Å². The van der Waals surface area contributed by atoms with Gasteiger partial charge in [-0.15, -0.1) is 6.58 Å². The number of oxime groups is 1. The first kappa shape index (κ1) is 44.6. The van der Waals surface area contributed by atoms with Crippen LogP contribution in [0.25, 0.3) is 11.1 Å². The third kappa shape index (κ3) is 10.1. The first-order valence-corrected chi connectivity index (χ1v) is 21.9. The van der Waals surface area contributed by atoms with E-state index in [0.29, 0.717) is 42.4 Å². The number of ether oxygens (including phenoxy) is 5. The number of nitrogens with zero attached hydrogens (tertiary/aromatic N) is 2. The second-order valence-electron chi connectivity index (χ2n) is 16.2. The van der Waals surface area contributed by atoms with Gasteiger partial charge in [-0.2, -0.15) is 0 Å². The van der Waals surface area contributed by atoms with Gasteiger partial charge < -0.3 is 43.6 Å². The number of unbranched alkanes of at least 4 members (excludes halogenated alkanes) is 2. The van der Waals surface area contributed by atoms with Gasteiger partial charge in [-0.05, 0) is 90.1 Å². The molecule has 11 heteroatoms. The van der Waals surface area contributed by atoms with Gasteiger partial charge in [0.1, 0.15) is 37.0 Å². The fourth-order valence-corrected chi connectivity index (χ4v) is 9.56. The molecule has 4 aromatic rings. The van der Waals surface area contributed by atoms with Crippen LogP contribution in [0.2, 0.25) is 0 Å². The van der Waals surface area contributed by atoms with Gasteiger partial charge >= 0.3 is 6.09 Å². The van der Waals surface area contributed by atoms with E-state index < -0.39 is 23.8 Å². The lowest BCUT2D eigenvalue weighted by atomic mass is 9.55. The van der Waals surface area contributed by atoms with Crippen molar-refractivity contribution in [1.82, 2.24) is 4.90 Å². The first-order valence-electron chi connectivity index (χ1n) is 21.9. The molecule has 62 heavy (non-hydrogen) atoms. The molecule has 0 radical (unpaired) electrons. The van der Waals surface area contributed by atoms with Crippen LogP contribution in [-0.4, -0.2) is 85.9 Å². The smallest absolute Gasteiger partial charge is 0.410 e. The number of aliphatic hydroxyl groups is 2. The number of benzene rings is 4. The van der Waals surface area contributed by atoms with Gasteiger partial charge in [-0.3, -0.25) is 0 Å². The van der Waals surface area contributed by atoms with Crippen molar-refractivity contribution in [2.24, 2.45) is 22.9 Å². The molecule has 1 fully saturated rings. The van der Waals surface area contributed by atoms with E-state index >= 15 is 0 Å². The summed E-state index contributed by atoms with van der Waals surface area (Å²) in [4.78, 5) is 21.1. The quantitative estimate of drug-likeness (QED) is 0.0479. The number of aliphatic hydroxyl groups excluding tert-OH is 2. The first-order chi connectivity index (χ1) is 30.4. The van der Waals surface area contributed by atoms with Crippen molar-refractivity contribution in [3.8, 4) is 28.4 Å². The molecular formula is C51H60N2O9. The van der Waals surface area contributed by atoms with Crippen LogP contribution in [0.1, 0.15) is 62.0 Å². The molecule has 11 nitrogen and oxygen atoms in total. The molecule has 0 aromatic heterocycles. The summed E-state index contributed by atoms with van der Waals surface area (Å²) in [5, 5.41) is 24.4. The third-order valence-corrected chi connectivity index (χ3v) is 12.4. The highest BCUT2D eigenvalue weighted by Crippen LogP contribution is 2.62. The van der Waals surface area contributed by atoms with Crippen LogP contribution in [0, 0.1) is 17.8 Å². The van der Waals surface area contributed by atoms with Crippen LogP contribution < -0.4 is 9.47 Å². The lowest BCUT2D eigenvalue weighted by Gasteiger charge is -2.59. The molecule has 0 unspecified atom stereocenters. The second kappa shape index (κ2) is 21.6. The lowest BCUT2D eigenvalue weighted by Crippen LogP contribution is -2.69. The highest BCUT2D eigenvalue weighted by Gasteiger charge is 2.65. The molecule has 1 aliphatic heterocycles. The minimum Gasteiger partial charge on any atom is -0.459 e.